The average Bonchev–Trinajstić information content (AvgIpc) is 3.32. The van der Waals surface area contributed by atoms with Gasteiger partial charge in [-0.2, -0.15) is 16.8 Å². The van der Waals surface area contributed by atoms with Crippen molar-refractivity contribution in [2.75, 3.05) is 7.11 Å². The molecular formula is C21H12Cl2O9S4. The van der Waals surface area contributed by atoms with Crippen LogP contribution >= 0.6 is 45.9 Å². The highest BCUT2D eigenvalue weighted by Gasteiger charge is 2.30. The van der Waals surface area contributed by atoms with Crippen molar-refractivity contribution in [3.63, 3.8) is 0 Å². The van der Waals surface area contributed by atoms with E-state index < -0.39 is 20.8 Å². The van der Waals surface area contributed by atoms with Gasteiger partial charge < -0.3 is 13.1 Å². The van der Waals surface area contributed by atoms with Gasteiger partial charge in [-0.1, -0.05) is 53.5 Å². The van der Waals surface area contributed by atoms with Gasteiger partial charge in [-0.3, -0.25) is 9.11 Å². The van der Waals surface area contributed by atoms with Crippen LogP contribution in [-0.4, -0.2) is 33.1 Å². The molecule has 2 heterocycles. The molecule has 0 unspecified atom stereocenters. The lowest BCUT2D eigenvalue weighted by atomic mass is 10.1. The molecular weight excluding hydrogens is 595 g/mol. The Hall–Kier alpha value is -2.36. The molecule has 0 amide bonds. The predicted octanol–water partition coefficient (Wildman–Crippen LogP) is 6.61. The van der Waals surface area contributed by atoms with Crippen LogP contribution in [0.25, 0.3) is 40.7 Å². The summed E-state index contributed by atoms with van der Waals surface area (Å²) in [5, 5.41) is 1.94. The largest absolute Gasteiger partial charge is 0.495 e. The third-order valence-electron chi connectivity index (χ3n) is 5.12. The highest BCUT2D eigenvalue weighted by molar-refractivity contribution is 7.81. The van der Waals surface area contributed by atoms with Crippen LogP contribution in [0.5, 0.6) is 17.2 Å². The molecule has 0 aliphatic rings. The fourth-order valence-electron chi connectivity index (χ4n) is 3.79. The monoisotopic (exact) mass is 606 g/mol. The van der Waals surface area contributed by atoms with Gasteiger partial charge in [0.25, 0.3) is 0 Å². The summed E-state index contributed by atoms with van der Waals surface area (Å²) in [6.45, 7) is 0. The lowest BCUT2D eigenvalue weighted by Gasteiger charge is -2.08. The van der Waals surface area contributed by atoms with Crippen molar-refractivity contribution < 1.29 is 39.0 Å². The number of fused-ring (bicyclic) bond motifs is 4. The standard InChI is InChI=1S/C21H12Cl2O9S4/c1-30-12-8-11-17(31-35(24,25)26)20(34-19(11)16(23)15(12)22)21-18(32-36(27,28)29)14-10-5-3-2-4-9(10)6-7-13(14)33-21/h2-8H,1H3,(H,24,25,26)(H,27,28,29). The fraction of sp³-hybridized carbons (Fsp3) is 0.0476. The second-order valence-electron chi connectivity index (χ2n) is 7.29. The Bertz CT molecular complexity index is 1910. The average molecular weight is 607 g/mol. The Balaban J connectivity index is 1.95. The first-order chi connectivity index (χ1) is 16.9. The minimum Gasteiger partial charge on any atom is -0.495 e. The van der Waals surface area contributed by atoms with Crippen molar-refractivity contribution >= 4 is 97.6 Å². The van der Waals surface area contributed by atoms with Crippen LogP contribution in [0.2, 0.25) is 10.0 Å². The van der Waals surface area contributed by atoms with Crippen molar-refractivity contribution in [3.05, 3.63) is 52.5 Å². The van der Waals surface area contributed by atoms with E-state index in [4.69, 9.17) is 36.3 Å². The molecule has 15 heteroatoms. The van der Waals surface area contributed by atoms with E-state index in [-0.39, 0.29) is 47.1 Å². The summed E-state index contributed by atoms with van der Waals surface area (Å²) in [5.41, 5.74) is 0. The van der Waals surface area contributed by atoms with Gasteiger partial charge in [-0.15, -0.1) is 22.7 Å². The maximum absolute atomic E-state index is 11.8. The Morgan fingerprint density at radius 2 is 1.44 bits per heavy atom. The third kappa shape index (κ3) is 4.46. The summed E-state index contributed by atoms with van der Waals surface area (Å²) in [5.74, 6) is -0.504. The highest BCUT2D eigenvalue weighted by atomic mass is 35.5. The Kier molecular flexibility index (Phi) is 6.24. The van der Waals surface area contributed by atoms with E-state index in [1.807, 2.05) is 12.1 Å². The molecule has 3 aromatic carbocycles. The predicted molar refractivity (Wildman–Crippen MR) is 141 cm³/mol. The zero-order chi connectivity index (χ0) is 26.0. The number of methoxy groups -OCH3 is 1. The fourth-order valence-corrected chi connectivity index (χ4v) is 7.67. The quantitative estimate of drug-likeness (QED) is 0.204. The maximum atomic E-state index is 11.8. The zero-order valence-corrected chi connectivity index (χ0v) is 22.5. The summed E-state index contributed by atoms with van der Waals surface area (Å²) in [6.07, 6.45) is 0. The molecule has 0 atom stereocenters. The van der Waals surface area contributed by atoms with Gasteiger partial charge in [0, 0.05) is 15.5 Å². The first-order valence-electron chi connectivity index (χ1n) is 9.65. The number of hydrogen-bond donors (Lipinski definition) is 2. The molecule has 9 nitrogen and oxygen atoms in total. The smallest absolute Gasteiger partial charge is 0.446 e. The van der Waals surface area contributed by atoms with E-state index in [1.165, 1.54) is 13.2 Å². The van der Waals surface area contributed by atoms with Crippen LogP contribution in [0.15, 0.2) is 42.5 Å². The number of thiophene rings is 2. The zero-order valence-electron chi connectivity index (χ0n) is 17.7. The van der Waals surface area contributed by atoms with E-state index in [1.54, 1.807) is 24.3 Å². The van der Waals surface area contributed by atoms with E-state index in [0.717, 1.165) is 28.1 Å². The van der Waals surface area contributed by atoms with Gasteiger partial charge in [-0.25, -0.2) is 0 Å². The summed E-state index contributed by atoms with van der Waals surface area (Å²) < 4.78 is 82.3. The molecule has 36 heavy (non-hydrogen) atoms. The lowest BCUT2D eigenvalue weighted by molar-refractivity contribution is 0.385. The molecule has 0 saturated heterocycles. The number of ether oxygens (including phenoxy) is 1. The number of benzene rings is 3. The Morgan fingerprint density at radius 1 is 0.806 bits per heavy atom. The van der Waals surface area contributed by atoms with Crippen LogP contribution in [0.1, 0.15) is 0 Å². The van der Waals surface area contributed by atoms with Crippen LogP contribution in [0.4, 0.5) is 0 Å². The minimum atomic E-state index is -5.04. The van der Waals surface area contributed by atoms with Crippen LogP contribution < -0.4 is 13.1 Å². The van der Waals surface area contributed by atoms with E-state index in [9.17, 15) is 25.9 Å². The van der Waals surface area contributed by atoms with E-state index in [2.05, 4.69) is 0 Å². The van der Waals surface area contributed by atoms with E-state index >= 15 is 0 Å². The van der Waals surface area contributed by atoms with Gasteiger partial charge in [0.05, 0.1) is 26.6 Å². The van der Waals surface area contributed by atoms with Crippen molar-refractivity contribution in [2.45, 2.75) is 0 Å². The second kappa shape index (κ2) is 8.89. The first-order valence-corrected chi connectivity index (χ1v) is 14.8. The highest BCUT2D eigenvalue weighted by Crippen LogP contribution is 2.57. The molecule has 0 aliphatic carbocycles. The minimum absolute atomic E-state index is 0.0197. The molecule has 2 N–H and O–H groups in total. The number of rotatable bonds is 6. The molecule has 0 aliphatic heterocycles. The SMILES string of the molecule is COc1cc2c(OS(=O)(=O)O)c(-c3sc4ccc5ccccc5c4c3OS(=O)(=O)O)sc2c(Cl)c1Cl. The Morgan fingerprint density at radius 3 is 2.11 bits per heavy atom. The molecule has 0 bridgehead atoms. The number of halogens is 2. The molecule has 5 rings (SSSR count). The lowest BCUT2D eigenvalue weighted by Crippen LogP contribution is -2.08. The summed E-state index contributed by atoms with van der Waals surface area (Å²) in [6, 6.07) is 12.0. The Labute approximate surface area is 222 Å². The molecule has 2 aromatic heterocycles. The maximum Gasteiger partial charge on any atom is 0.446 e. The molecule has 188 valence electrons. The topological polar surface area (TPSA) is 136 Å². The van der Waals surface area contributed by atoms with Crippen LogP contribution in [-0.2, 0) is 20.8 Å². The van der Waals surface area contributed by atoms with Gasteiger partial charge >= 0.3 is 20.8 Å². The molecule has 0 saturated carbocycles. The van der Waals surface area contributed by atoms with Crippen LogP contribution in [0.3, 0.4) is 0 Å². The van der Waals surface area contributed by atoms with Crippen molar-refractivity contribution in [1.29, 1.82) is 0 Å². The third-order valence-corrected chi connectivity index (χ3v) is 9.34. The normalized spacial score (nSPS) is 12.5. The van der Waals surface area contributed by atoms with Gasteiger partial charge in [0.15, 0.2) is 11.5 Å². The van der Waals surface area contributed by atoms with Gasteiger partial charge in [0.2, 0.25) is 0 Å². The van der Waals surface area contributed by atoms with Crippen molar-refractivity contribution in [3.8, 4) is 27.0 Å². The summed E-state index contributed by atoms with van der Waals surface area (Å²) >= 11 is 14.7. The molecule has 5 aromatic rings. The van der Waals surface area contributed by atoms with Gasteiger partial charge in [0.1, 0.15) is 10.8 Å². The van der Waals surface area contributed by atoms with E-state index in [0.29, 0.717) is 15.5 Å². The molecule has 0 fully saturated rings. The van der Waals surface area contributed by atoms with Crippen molar-refractivity contribution in [2.24, 2.45) is 0 Å². The number of hydrogen-bond acceptors (Lipinski definition) is 9. The van der Waals surface area contributed by atoms with Gasteiger partial charge in [-0.05, 0) is 22.9 Å². The van der Waals surface area contributed by atoms with Crippen molar-refractivity contribution in [1.82, 2.24) is 0 Å². The summed E-state index contributed by atoms with van der Waals surface area (Å²) in [7, 11) is -8.72. The molecule has 0 spiro atoms. The summed E-state index contributed by atoms with van der Waals surface area (Å²) in [4.78, 5) is 0.155. The second-order valence-corrected chi connectivity index (χ2v) is 12.2. The first kappa shape index (κ1) is 25.3. The van der Waals surface area contributed by atoms with Crippen LogP contribution in [0, 0.1) is 0 Å². The molecule has 0 radical (unpaired) electrons.